The van der Waals surface area contributed by atoms with Gasteiger partial charge in [-0.2, -0.15) is 0 Å². The standard InChI is InChI=1S/C19H16BrClN2/c1-13-11-15(12-22-18-7-5-17(21)6-8-18)14(2)23(13)19-9-3-16(20)4-10-19/h3-12H,1-2H3. The van der Waals surface area contributed by atoms with Gasteiger partial charge in [0.1, 0.15) is 0 Å². The summed E-state index contributed by atoms with van der Waals surface area (Å²) >= 11 is 9.37. The molecule has 0 atom stereocenters. The number of aliphatic imine (C=N–C) groups is 1. The van der Waals surface area contributed by atoms with E-state index in [4.69, 9.17) is 11.6 Å². The summed E-state index contributed by atoms with van der Waals surface area (Å²) in [6, 6.07) is 18.0. The fraction of sp³-hybridized carbons (Fsp3) is 0.105. The van der Waals surface area contributed by atoms with Gasteiger partial charge in [-0.15, -0.1) is 0 Å². The molecule has 0 radical (unpaired) electrons. The molecule has 23 heavy (non-hydrogen) atoms. The molecule has 0 N–H and O–H groups in total. The van der Waals surface area contributed by atoms with Crippen LogP contribution >= 0.6 is 27.5 Å². The molecule has 0 bridgehead atoms. The van der Waals surface area contributed by atoms with Crippen LogP contribution in [-0.4, -0.2) is 10.8 Å². The molecule has 1 heterocycles. The molecule has 3 aromatic rings. The highest BCUT2D eigenvalue weighted by atomic mass is 79.9. The minimum Gasteiger partial charge on any atom is -0.318 e. The first-order valence-electron chi connectivity index (χ1n) is 7.29. The average Bonchev–Trinajstić information content (AvgIpc) is 2.82. The monoisotopic (exact) mass is 386 g/mol. The van der Waals surface area contributed by atoms with Crippen molar-refractivity contribution in [3.05, 3.63) is 81.0 Å². The quantitative estimate of drug-likeness (QED) is 0.472. The number of nitrogens with zero attached hydrogens (tertiary/aromatic N) is 2. The molecule has 0 spiro atoms. The molecule has 0 saturated heterocycles. The van der Waals surface area contributed by atoms with Gasteiger partial charge in [-0.3, -0.25) is 4.99 Å². The first kappa shape index (κ1) is 16.0. The van der Waals surface area contributed by atoms with Gasteiger partial charge in [-0.25, -0.2) is 0 Å². The summed E-state index contributed by atoms with van der Waals surface area (Å²) < 4.78 is 3.31. The van der Waals surface area contributed by atoms with Crippen molar-refractivity contribution in [2.24, 2.45) is 4.99 Å². The van der Waals surface area contributed by atoms with Crippen molar-refractivity contribution in [1.82, 2.24) is 4.57 Å². The van der Waals surface area contributed by atoms with Gasteiger partial charge in [0, 0.05) is 38.3 Å². The first-order chi connectivity index (χ1) is 11.0. The van der Waals surface area contributed by atoms with E-state index in [1.165, 1.54) is 11.4 Å². The highest BCUT2D eigenvalue weighted by Crippen LogP contribution is 2.22. The van der Waals surface area contributed by atoms with Crippen molar-refractivity contribution in [2.75, 3.05) is 0 Å². The van der Waals surface area contributed by atoms with E-state index in [1.807, 2.05) is 30.5 Å². The number of rotatable bonds is 3. The molecule has 116 valence electrons. The molecule has 2 aromatic carbocycles. The zero-order valence-electron chi connectivity index (χ0n) is 12.9. The number of aromatic nitrogens is 1. The maximum atomic E-state index is 5.90. The predicted octanol–water partition coefficient (Wildman–Crippen LogP) is 6.26. The van der Waals surface area contributed by atoms with Crippen LogP contribution in [0.5, 0.6) is 0 Å². The largest absolute Gasteiger partial charge is 0.318 e. The van der Waals surface area contributed by atoms with Crippen LogP contribution in [0.3, 0.4) is 0 Å². The summed E-state index contributed by atoms with van der Waals surface area (Å²) in [5.41, 5.74) is 5.50. The molecule has 2 nitrogen and oxygen atoms in total. The molecule has 0 aliphatic rings. The number of hydrogen-bond donors (Lipinski definition) is 0. The second-order valence-corrected chi connectivity index (χ2v) is 6.73. The molecule has 0 fully saturated rings. The molecule has 4 heteroatoms. The van der Waals surface area contributed by atoms with Crippen molar-refractivity contribution in [3.63, 3.8) is 0 Å². The van der Waals surface area contributed by atoms with Crippen LogP contribution in [0.4, 0.5) is 5.69 Å². The van der Waals surface area contributed by atoms with Crippen LogP contribution in [0.1, 0.15) is 17.0 Å². The zero-order chi connectivity index (χ0) is 16.4. The van der Waals surface area contributed by atoms with Crippen LogP contribution in [0.25, 0.3) is 5.69 Å². The number of benzene rings is 2. The first-order valence-corrected chi connectivity index (χ1v) is 8.46. The summed E-state index contributed by atoms with van der Waals surface area (Å²) in [5.74, 6) is 0. The Morgan fingerprint density at radius 2 is 1.65 bits per heavy atom. The lowest BCUT2D eigenvalue weighted by Gasteiger charge is -2.09. The zero-order valence-corrected chi connectivity index (χ0v) is 15.3. The molecule has 1 aromatic heterocycles. The Labute approximate surface area is 149 Å². The van der Waals surface area contributed by atoms with Crippen LogP contribution in [-0.2, 0) is 0 Å². The van der Waals surface area contributed by atoms with Crippen LogP contribution in [0, 0.1) is 13.8 Å². The normalized spacial score (nSPS) is 11.3. The maximum absolute atomic E-state index is 5.90. The minimum atomic E-state index is 0.720. The topological polar surface area (TPSA) is 17.3 Å². The van der Waals surface area contributed by atoms with Gasteiger partial charge < -0.3 is 4.57 Å². The fourth-order valence-electron chi connectivity index (χ4n) is 2.58. The number of hydrogen-bond acceptors (Lipinski definition) is 1. The van der Waals surface area contributed by atoms with Gasteiger partial charge in [-0.1, -0.05) is 27.5 Å². The third kappa shape index (κ3) is 3.57. The molecule has 0 unspecified atom stereocenters. The predicted molar refractivity (Wildman–Crippen MR) is 102 cm³/mol. The minimum absolute atomic E-state index is 0.720. The molecular weight excluding hydrogens is 372 g/mol. The van der Waals surface area contributed by atoms with Gasteiger partial charge in [-0.05, 0) is 68.4 Å². The summed E-state index contributed by atoms with van der Waals surface area (Å²) in [6.45, 7) is 4.22. The number of aryl methyl sites for hydroxylation is 1. The number of halogens is 2. The summed E-state index contributed by atoms with van der Waals surface area (Å²) in [5, 5.41) is 0.720. The van der Waals surface area contributed by atoms with E-state index in [1.54, 1.807) is 0 Å². The van der Waals surface area contributed by atoms with Gasteiger partial charge >= 0.3 is 0 Å². The fourth-order valence-corrected chi connectivity index (χ4v) is 2.97. The third-order valence-corrected chi connectivity index (χ3v) is 4.52. The SMILES string of the molecule is Cc1cc(C=Nc2ccc(Cl)cc2)c(C)n1-c1ccc(Br)cc1. The van der Waals surface area contributed by atoms with Crippen LogP contribution in [0.15, 0.2) is 64.1 Å². The van der Waals surface area contributed by atoms with Gasteiger partial charge in [0.15, 0.2) is 0 Å². The smallest absolute Gasteiger partial charge is 0.0630 e. The Morgan fingerprint density at radius 3 is 2.30 bits per heavy atom. The van der Waals surface area contributed by atoms with E-state index in [-0.39, 0.29) is 0 Å². The van der Waals surface area contributed by atoms with E-state index in [9.17, 15) is 0 Å². The average molecular weight is 388 g/mol. The van der Waals surface area contributed by atoms with E-state index < -0.39 is 0 Å². The second kappa shape index (κ2) is 6.73. The lowest BCUT2D eigenvalue weighted by Crippen LogP contribution is -1.99. The highest BCUT2D eigenvalue weighted by Gasteiger charge is 2.09. The lowest BCUT2D eigenvalue weighted by atomic mass is 10.2. The van der Waals surface area contributed by atoms with Crippen molar-refractivity contribution in [2.45, 2.75) is 13.8 Å². The molecule has 0 amide bonds. The van der Waals surface area contributed by atoms with E-state index >= 15 is 0 Å². The second-order valence-electron chi connectivity index (χ2n) is 5.37. The summed E-state index contributed by atoms with van der Waals surface area (Å²) in [4.78, 5) is 4.54. The summed E-state index contributed by atoms with van der Waals surface area (Å²) in [7, 11) is 0. The van der Waals surface area contributed by atoms with Crippen molar-refractivity contribution >= 4 is 39.4 Å². The Morgan fingerprint density at radius 1 is 1.00 bits per heavy atom. The van der Waals surface area contributed by atoms with Gasteiger partial charge in [0.25, 0.3) is 0 Å². The van der Waals surface area contributed by atoms with Gasteiger partial charge in [0.05, 0.1) is 5.69 Å². The van der Waals surface area contributed by atoms with Gasteiger partial charge in [0.2, 0.25) is 0 Å². The van der Waals surface area contributed by atoms with E-state index in [0.29, 0.717) is 0 Å². The maximum Gasteiger partial charge on any atom is 0.0630 e. The highest BCUT2D eigenvalue weighted by molar-refractivity contribution is 9.10. The Kier molecular flexibility index (Phi) is 4.69. The van der Waals surface area contributed by atoms with Crippen molar-refractivity contribution in [3.8, 4) is 5.69 Å². The lowest BCUT2D eigenvalue weighted by molar-refractivity contribution is 0.964. The Bertz CT molecular complexity index is 846. The van der Waals surface area contributed by atoms with E-state index in [2.05, 4.69) is 69.7 Å². The van der Waals surface area contributed by atoms with Crippen LogP contribution < -0.4 is 0 Å². The van der Waals surface area contributed by atoms with E-state index in [0.717, 1.165) is 26.4 Å². The summed E-state index contributed by atoms with van der Waals surface area (Å²) in [6.07, 6.45) is 1.90. The Hall–Kier alpha value is -1.84. The molecule has 3 rings (SSSR count). The van der Waals surface area contributed by atoms with Crippen molar-refractivity contribution in [1.29, 1.82) is 0 Å². The molecular formula is C19H16BrClN2. The Balaban J connectivity index is 1.94. The molecule has 0 aliphatic heterocycles. The van der Waals surface area contributed by atoms with Crippen LogP contribution in [0.2, 0.25) is 5.02 Å². The third-order valence-electron chi connectivity index (χ3n) is 3.73. The van der Waals surface area contributed by atoms with Crippen molar-refractivity contribution < 1.29 is 0 Å². The molecule has 0 aliphatic carbocycles. The molecule has 0 saturated carbocycles.